The lowest BCUT2D eigenvalue weighted by atomic mass is 9.99. The highest BCUT2D eigenvalue weighted by atomic mass is 19.2. The van der Waals surface area contributed by atoms with E-state index >= 15 is 0 Å². The predicted octanol–water partition coefficient (Wildman–Crippen LogP) is 8.52. The Morgan fingerprint density at radius 2 is 1.11 bits per heavy atom. The maximum absolute atomic E-state index is 14.8. The zero-order chi connectivity index (χ0) is 25.9. The van der Waals surface area contributed by atoms with Crippen molar-refractivity contribution in [2.45, 2.75) is 0 Å². The normalized spacial score (nSPS) is 13.9. The van der Waals surface area contributed by atoms with E-state index < -0.39 is 7.40 Å². The van der Waals surface area contributed by atoms with Gasteiger partial charge in [0.15, 0.2) is 0 Å². The molecule has 0 aliphatic carbocycles. The number of hydrogen-bond acceptors (Lipinski definition) is 1. The van der Waals surface area contributed by atoms with Crippen LogP contribution in [0.1, 0.15) is 16.8 Å². The fourth-order valence-electron chi connectivity index (χ4n) is 4.86. The van der Waals surface area contributed by atoms with Gasteiger partial charge < -0.3 is 4.48 Å². The Labute approximate surface area is 221 Å². The second-order valence-electron chi connectivity index (χ2n) is 9.02. The number of halogens is 2. The van der Waals surface area contributed by atoms with E-state index in [0.717, 1.165) is 43.6 Å². The lowest BCUT2D eigenvalue weighted by Gasteiger charge is -2.11. The third-order valence-corrected chi connectivity index (χ3v) is 6.65. The Bertz CT molecular complexity index is 1650. The summed E-state index contributed by atoms with van der Waals surface area (Å²) in [5.74, 6) is 0. The Morgan fingerprint density at radius 1 is 0.605 bits per heavy atom. The molecule has 182 valence electrons. The van der Waals surface area contributed by atoms with E-state index in [1.165, 1.54) is 0 Å². The second-order valence-corrected chi connectivity index (χ2v) is 9.02. The molecule has 0 bridgehead atoms. The molecule has 5 aromatic rings. The minimum absolute atomic E-state index is 0.417. The molecular formula is C33H23BF2N2. The van der Waals surface area contributed by atoms with Crippen LogP contribution in [0.3, 0.4) is 0 Å². The van der Waals surface area contributed by atoms with Gasteiger partial charge in [-0.25, -0.2) is 4.99 Å². The minimum atomic E-state index is -2.74. The molecule has 2 nitrogen and oxygen atoms in total. The summed E-state index contributed by atoms with van der Waals surface area (Å²) >= 11 is 0. The Kier molecular flexibility index (Phi) is 6.41. The standard InChI is InChI=1S/C33H23BF2N2/c35-34(36)38-32(27-19-11-4-12-20-27)22-29(25-15-7-2-8-16-25)33(38)23-31-28(24-13-5-1-6-14-24)21-30(37-31)26-17-9-3-10-18-26/h1-23H/b31-23-. The summed E-state index contributed by atoms with van der Waals surface area (Å²) < 4.78 is 30.8. The highest BCUT2D eigenvalue weighted by Gasteiger charge is 2.28. The SMILES string of the molecule is FB(F)n1c(-c2ccccc2)cc(-c2ccccc2)c1/C=C1\N=C(c2ccccc2)C=C1c1ccccc1. The van der Waals surface area contributed by atoms with Crippen molar-refractivity contribution in [1.29, 1.82) is 0 Å². The van der Waals surface area contributed by atoms with Gasteiger partial charge in [-0.15, -0.1) is 0 Å². The Morgan fingerprint density at radius 3 is 1.66 bits per heavy atom. The molecule has 1 aliphatic heterocycles. The lowest BCUT2D eigenvalue weighted by molar-refractivity contribution is 0.630. The van der Waals surface area contributed by atoms with Gasteiger partial charge in [0.2, 0.25) is 0 Å². The largest absolute Gasteiger partial charge is 0.678 e. The molecular weight excluding hydrogens is 473 g/mol. The molecule has 0 radical (unpaired) electrons. The number of nitrogens with zero attached hydrogens (tertiary/aromatic N) is 2. The van der Waals surface area contributed by atoms with Crippen molar-refractivity contribution >= 4 is 24.8 Å². The first-order chi connectivity index (χ1) is 18.7. The molecule has 1 aliphatic rings. The highest BCUT2D eigenvalue weighted by Crippen LogP contribution is 2.38. The zero-order valence-corrected chi connectivity index (χ0v) is 20.5. The van der Waals surface area contributed by atoms with Crippen LogP contribution in [0.5, 0.6) is 0 Å². The summed E-state index contributed by atoms with van der Waals surface area (Å²) in [6, 6.07) is 40.7. The predicted molar refractivity (Wildman–Crippen MR) is 154 cm³/mol. The van der Waals surface area contributed by atoms with Crippen molar-refractivity contribution in [2.24, 2.45) is 4.99 Å². The van der Waals surface area contributed by atoms with Gasteiger partial charge in [-0.1, -0.05) is 121 Å². The van der Waals surface area contributed by atoms with Gasteiger partial charge >= 0.3 is 7.40 Å². The van der Waals surface area contributed by atoms with Gasteiger partial charge in [0, 0.05) is 28.1 Å². The summed E-state index contributed by atoms with van der Waals surface area (Å²) in [5, 5.41) is 0. The quantitative estimate of drug-likeness (QED) is 0.210. The van der Waals surface area contributed by atoms with E-state index in [1.807, 2.05) is 133 Å². The fourth-order valence-corrected chi connectivity index (χ4v) is 4.86. The summed E-state index contributed by atoms with van der Waals surface area (Å²) in [4.78, 5) is 4.96. The van der Waals surface area contributed by atoms with Crippen LogP contribution in [-0.2, 0) is 0 Å². The van der Waals surface area contributed by atoms with E-state index in [0.29, 0.717) is 17.1 Å². The molecule has 0 saturated carbocycles. The molecule has 4 aromatic carbocycles. The molecule has 0 N–H and O–H groups in total. The molecule has 2 heterocycles. The molecule has 0 fully saturated rings. The topological polar surface area (TPSA) is 17.3 Å². The Balaban J connectivity index is 1.60. The van der Waals surface area contributed by atoms with Gasteiger partial charge in [-0.3, -0.25) is 8.63 Å². The van der Waals surface area contributed by atoms with Crippen molar-refractivity contribution < 1.29 is 8.63 Å². The number of aromatic nitrogens is 1. The minimum Gasteiger partial charge on any atom is -0.325 e. The maximum Gasteiger partial charge on any atom is 0.678 e. The molecule has 1 aromatic heterocycles. The van der Waals surface area contributed by atoms with Gasteiger partial charge in [0.25, 0.3) is 0 Å². The van der Waals surface area contributed by atoms with Gasteiger partial charge in [-0.2, -0.15) is 0 Å². The monoisotopic (exact) mass is 496 g/mol. The first kappa shape index (κ1) is 23.6. The smallest absolute Gasteiger partial charge is 0.325 e. The average molecular weight is 496 g/mol. The van der Waals surface area contributed by atoms with E-state index in [1.54, 1.807) is 6.08 Å². The molecule has 0 spiro atoms. The molecule has 6 rings (SSSR count). The van der Waals surface area contributed by atoms with E-state index in [9.17, 15) is 8.63 Å². The van der Waals surface area contributed by atoms with Crippen LogP contribution in [0, 0.1) is 0 Å². The summed E-state index contributed by atoms with van der Waals surface area (Å²) in [6.07, 6.45) is 3.84. The number of rotatable bonds is 6. The highest BCUT2D eigenvalue weighted by molar-refractivity contribution is 6.42. The first-order valence-electron chi connectivity index (χ1n) is 12.5. The van der Waals surface area contributed by atoms with Crippen molar-refractivity contribution in [3.63, 3.8) is 0 Å². The van der Waals surface area contributed by atoms with Crippen molar-refractivity contribution in [2.75, 3.05) is 0 Å². The van der Waals surface area contributed by atoms with Crippen molar-refractivity contribution in [3.05, 3.63) is 156 Å². The van der Waals surface area contributed by atoms with E-state index in [4.69, 9.17) is 4.99 Å². The van der Waals surface area contributed by atoms with Crippen LogP contribution >= 0.6 is 0 Å². The van der Waals surface area contributed by atoms with Crippen LogP contribution in [0.25, 0.3) is 34.0 Å². The van der Waals surface area contributed by atoms with Gasteiger partial charge in [-0.05, 0) is 34.9 Å². The lowest BCUT2D eigenvalue weighted by Crippen LogP contribution is -2.16. The third-order valence-electron chi connectivity index (χ3n) is 6.65. The van der Waals surface area contributed by atoms with E-state index in [2.05, 4.69) is 0 Å². The summed E-state index contributed by atoms with van der Waals surface area (Å²) in [7, 11) is -2.74. The molecule has 0 amide bonds. The van der Waals surface area contributed by atoms with Crippen LogP contribution in [0.4, 0.5) is 8.63 Å². The van der Waals surface area contributed by atoms with Gasteiger partial charge in [0.1, 0.15) is 0 Å². The van der Waals surface area contributed by atoms with Crippen molar-refractivity contribution in [3.8, 4) is 22.4 Å². The van der Waals surface area contributed by atoms with Crippen LogP contribution in [0.2, 0.25) is 0 Å². The van der Waals surface area contributed by atoms with Crippen LogP contribution in [0.15, 0.2) is 144 Å². The summed E-state index contributed by atoms with van der Waals surface area (Å²) in [6.45, 7) is 0. The number of aliphatic imine (C=N–C) groups is 1. The fraction of sp³-hybridized carbons (Fsp3) is 0. The number of benzene rings is 4. The number of allylic oxidation sites excluding steroid dienone is 2. The molecule has 0 atom stereocenters. The van der Waals surface area contributed by atoms with Crippen molar-refractivity contribution in [1.82, 2.24) is 4.48 Å². The van der Waals surface area contributed by atoms with Gasteiger partial charge in [0.05, 0.1) is 11.4 Å². The van der Waals surface area contributed by atoms with Crippen LogP contribution in [-0.4, -0.2) is 17.6 Å². The number of hydrogen-bond donors (Lipinski definition) is 0. The summed E-state index contributed by atoms with van der Waals surface area (Å²) in [5.41, 5.74) is 7.50. The van der Waals surface area contributed by atoms with E-state index in [-0.39, 0.29) is 0 Å². The molecule has 0 unspecified atom stereocenters. The second kappa shape index (κ2) is 10.3. The third kappa shape index (κ3) is 4.55. The average Bonchev–Trinajstić information content (AvgIpc) is 3.57. The maximum atomic E-state index is 14.8. The molecule has 0 saturated heterocycles. The van der Waals surface area contributed by atoms with Crippen LogP contribution < -0.4 is 0 Å². The first-order valence-corrected chi connectivity index (χ1v) is 12.5. The Hall–Kier alpha value is -4.77. The molecule has 38 heavy (non-hydrogen) atoms. The zero-order valence-electron chi connectivity index (χ0n) is 20.5. The molecule has 5 heteroatoms.